The molecular weight excluding hydrogens is 252 g/mol. The van der Waals surface area contributed by atoms with Gasteiger partial charge in [0.1, 0.15) is 6.33 Å². The molecule has 1 rings (SSSR count). The fourth-order valence-electron chi connectivity index (χ4n) is 1.05. The van der Waals surface area contributed by atoms with Crippen molar-refractivity contribution in [1.29, 1.82) is 0 Å². The number of hydrogen-bond acceptors (Lipinski definition) is 5. The quantitative estimate of drug-likeness (QED) is 0.685. The first-order valence-electron chi connectivity index (χ1n) is 5.20. The second-order valence-corrected chi connectivity index (χ2v) is 3.59. The molecule has 1 heterocycles. The largest absolute Gasteiger partial charge is 0.478 e. The highest BCUT2D eigenvalue weighted by atomic mass is 16.4. The second kappa shape index (κ2) is 6.24. The summed E-state index contributed by atoms with van der Waals surface area (Å²) in [6.45, 7) is 2.60. The van der Waals surface area contributed by atoms with E-state index in [2.05, 4.69) is 15.3 Å². The van der Waals surface area contributed by atoms with Crippen LogP contribution >= 0.6 is 0 Å². The maximum atomic E-state index is 11.6. The van der Waals surface area contributed by atoms with Gasteiger partial charge in [0, 0.05) is 11.1 Å². The molecule has 0 saturated heterocycles. The van der Waals surface area contributed by atoms with E-state index >= 15 is 0 Å². The molecule has 0 fully saturated rings. The Morgan fingerprint density at radius 1 is 1.11 bits per heavy atom. The Morgan fingerprint density at radius 2 is 1.68 bits per heavy atom. The molecule has 0 saturated carbocycles. The molecule has 0 atom stereocenters. The zero-order valence-corrected chi connectivity index (χ0v) is 10.3. The highest BCUT2D eigenvalue weighted by Crippen LogP contribution is 2.04. The Morgan fingerprint density at radius 3 is 2.21 bits per heavy atom. The SMILES string of the molecule is CC(C(=O)O)=C(C)C(=O)NC(=O)Nc1cncnc1. The minimum atomic E-state index is -1.22. The fourth-order valence-corrected chi connectivity index (χ4v) is 1.05. The van der Waals surface area contributed by atoms with Gasteiger partial charge in [-0.2, -0.15) is 0 Å². The first-order valence-corrected chi connectivity index (χ1v) is 5.20. The third kappa shape index (κ3) is 4.19. The average Bonchev–Trinajstić information content (AvgIpc) is 2.37. The highest BCUT2D eigenvalue weighted by molar-refractivity contribution is 6.10. The van der Waals surface area contributed by atoms with Gasteiger partial charge in [0.15, 0.2) is 0 Å². The number of imide groups is 1. The first kappa shape index (κ1) is 14.3. The number of carbonyl (C=O) groups excluding carboxylic acids is 2. The molecule has 0 aliphatic heterocycles. The van der Waals surface area contributed by atoms with Crippen LogP contribution in [0.5, 0.6) is 0 Å². The van der Waals surface area contributed by atoms with E-state index in [0.29, 0.717) is 5.69 Å². The van der Waals surface area contributed by atoms with Crippen molar-refractivity contribution >= 4 is 23.6 Å². The molecule has 1 aromatic heterocycles. The second-order valence-electron chi connectivity index (χ2n) is 3.59. The summed E-state index contributed by atoms with van der Waals surface area (Å²) in [4.78, 5) is 41.0. The lowest BCUT2D eigenvalue weighted by atomic mass is 10.1. The first-order chi connectivity index (χ1) is 8.91. The zero-order valence-electron chi connectivity index (χ0n) is 10.3. The van der Waals surface area contributed by atoms with E-state index in [-0.39, 0.29) is 11.1 Å². The van der Waals surface area contributed by atoms with Crippen LogP contribution in [0.25, 0.3) is 0 Å². The standard InChI is InChI=1S/C11H12N4O4/c1-6(7(2)10(17)18)9(16)15-11(19)14-8-3-12-5-13-4-8/h3-5H,1-2H3,(H,17,18)(H2,14,15,16,19). The molecule has 100 valence electrons. The molecule has 0 aliphatic rings. The summed E-state index contributed by atoms with van der Waals surface area (Å²) < 4.78 is 0. The van der Waals surface area contributed by atoms with E-state index in [4.69, 9.17) is 5.11 Å². The van der Waals surface area contributed by atoms with Gasteiger partial charge in [0.2, 0.25) is 0 Å². The number of urea groups is 1. The number of carbonyl (C=O) groups is 3. The number of anilines is 1. The van der Waals surface area contributed by atoms with E-state index in [1.807, 2.05) is 5.32 Å². The number of carboxylic acid groups (broad SMARTS) is 1. The summed E-state index contributed by atoms with van der Waals surface area (Å²) in [6.07, 6.45) is 3.99. The monoisotopic (exact) mass is 264 g/mol. The van der Waals surface area contributed by atoms with E-state index in [0.717, 1.165) is 0 Å². The van der Waals surface area contributed by atoms with Crippen molar-refractivity contribution in [2.75, 3.05) is 5.32 Å². The van der Waals surface area contributed by atoms with Crippen molar-refractivity contribution in [3.63, 3.8) is 0 Å². The van der Waals surface area contributed by atoms with Gasteiger partial charge in [-0.1, -0.05) is 0 Å². The summed E-state index contributed by atoms with van der Waals surface area (Å²) in [7, 11) is 0. The molecule has 19 heavy (non-hydrogen) atoms. The van der Waals surface area contributed by atoms with Crippen molar-refractivity contribution in [3.8, 4) is 0 Å². The Bertz CT molecular complexity index is 539. The molecule has 3 N–H and O–H groups in total. The maximum absolute atomic E-state index is 11.6. The molecule has 8 nitrogen and oxygen atoms in total. The summed E-state index contributed by atoms with van der Waals surface area (Å²) in [5, 5.41) is 13.0. The predicted octanol–water partition coefficient (Wildman–Crippen LogP) is 0.546. The van der Waals surface area contributed by atoms with Gasteiger partial charge < -0.3 is 10.4 Å². The molecule has 0 spiro atoms. The van der Waals surface area contributed by atoms with Crippen molar-refractivity contribution in [1.82, 2.24) is 15.3 Å². The van der Waals surface area contributed by atoms with Crippen LogP contribution in [0.1, 0.15) is 13.8 Å². The molecular formula is C11H12N4O4. The van der Waals surface area contributed by atoms with Crippen LogP contribution in [-0.2, 0) is 9.59 Å². The zero-order chi connectivity index (χ0) is 14.4. The van der Waals surface area contributed by atoms with Crippen molar-refractivity contribution in [2.24, 2.45) is 0 Å². The molecule has 0 unspecified atom stereocenters. The van der Waals surface area contributed by atoms with E-state index < -0.39 is 17.9 Å². The molecule has 0 bridgehead atoms. The maximum Gasteiger partial charge on any atom is 0.331 e. The van der Waals surface area contributed by atoms with Crippen LogP contribution in [0.15, 0.2) is 29.9 Å². The Kier molecular flexibility index (Phi) is 4.69. The van der Waals surface area contributed by atoms with Gasteiger partial charge in [0.25, 0.3) is 5.91 Å². The van der Waals surface area contributed by atoms with Gasteiger partial charge in [-0.3, -0.25) is 10.1 Å². The Hall–Kier alpha value is -2.77. The lowest BCUT2D eigenvalue weighted by molar-refractivity contribution is -0.133. The number of carboxylic acids is 1. The Labute approximate surface area is 108 Å². The molecule has 0 aliphatic carbocycles. The third-order valence-corrected chi connectivity index (χ3v) is 2.27. The summed E-state index contributed by atoms with van der Waals surface area (Å²) in [5.74, 6) is -2.00. The molecule has 0 aromatic carbocycles. The number of hydrogen-bond donors (Lipinski definition) is 3. The minimum absolute atomic E-state index is 0.0491. The summed E-state index contributed by atoms with van der Waals surface area (Å²) in [5.41, 5.74) is 0.129. The molecule has 3 amide bonds. The van der Waals surface area contributed by atoms with E-state index in [9.17, 15) is 14.4 Å². The van der Waals surface area contributed by atoms with Crippen molar-refractivity contribution in [3.05, 3.63) is 29.9 Å². The molecule has 1 aromatic rings. The van der Waals surface area contributed by atoms with E-state index in [1.54, 1.807) is 0 Å². The number of aliphatic carboxylic acids is 1. The van der Waals surface area contributed by atoms with Gasteiger partial charge >= 0.3 is 12.0 Å². The van der Waals surface area contributed by atoms with Crippen LogP contribution in [0.2, 0.25) is 0 Å². The van der Waals surface area contributed by atoms with Crippen molar-refractivity contribution < 1.29 is 19.5 Å². The Balaban J connectivity index is 2.66. The number of nitrogens with one attached hydrogen (secondary N) is 2. The van der Waals surface area contributed by atoms with Crippen LogP contribution in [-0.4, -0.2) is 33.0 Å². The third-order valence-electron chi connectivity index (χ3n) is 2.27. The predicted molar refractivity (Wildman–Crippen MR) is 65.2 cm³/mol. The molecule has 8 heteroatoms. The number of aromatic nitrogens is 2. The van der Waals surface area contributed by atoms with Gasteiger partial charge in [-0.15, -0.1) is 0 Å². The smallest absolute Gasteiger partial charge is 0.331 e. The summed E-state index contributed by atoms with van der Waals surface area (Å²) in [6, 6.07) is -0.794. The van der Waals surface area contributed by atoms with Crippen molar-refractivity contribution in [2.45, 2.75) is 13.8 Å². The van der Waals surface area contributed by atoms with Gasteiger partial charge in [-0.25, -0.2) is 19.6 Å². The average molecular weight is 264 g/mol. The van der Waals surface area contributed by atoms with Crippen LogP contribution < -0.4 is 10.6 Å². The summed E-state index contributed by atoms with van der Waals surface area (Å²) >= 11 is 0. The normalized spacial score (nSPS) is 11.3. The van der Waals surface area contributed by atoms with Crippen LogP contribution in [0.4, 0.5) is 10.5 Å². The van der Waals surface area contributed by atoms with Gasteiger partial charge in [-0.05, 0) is 13.8 Å². The lowest BCUT2D eigenvalue weighted by Crippen LogP contribution is -2.35. The fraction of sp³-hybridized carbons (Fsp3) is 0.182. The minimum Gasteiger partial charge on any atom is -0.478 e. The molecule has 0 radical (unpaired) electrons. The van der Waals surface area contributed by atoms with E-state index in [1.165, 1.54) is 32.6 Å². The topological polar surface area (TPSA) is 121 Å². The number of rotatable bonds is 3. The van der Waals surface area contributed by atoms with Crippen LogP contribution in [0, 0.1) is 0 Å². The number of nitrogens with zero attached hydrogens (tertiary/aromatic N) is 2. The highest BCUT2D eigenvalue weighted by Gasteiger charge is 2.15. The van der Waals surface area contributed by atoms with Gasteiger partial charge in [0.05, 0.1) is 18.1 Å². The number of amides is 3. The lowest BCUT2D eigenvalue weighted by Gasteiger charge is -2.07. The van der Waals surface area contributed by atoms with Crippen LogP contribution in [0.3, 0.4) is 0 Å².